The molecule has 0 atom stereocenters. The van der Waals surface area contributed by atoms with E-state index in [0.717, 1.165) is 9.32 Å². The van der Waals surface area contributed by atoms with Gasteiger partial charge in [-0.2, -0.15) is 0 Å². The molecule has 0 amide bonds. The zero-order valence-electron chi connectivity index (χ0n) is 8.46. The van der Waals surface area contributed by atoms with Crippen molar-refractivity contribution in [3.63, 3.8) is 0 Å². The van der Waals surface area contributed by atoms with Crippen molar-refractivity contribution < 1.29 is 9.84 Å². The van der Waals surface area contributed by atoms with E-state index < -0.39 is 5.60 Å². The number of hydrogen-bond acceptors (Lipinski definition) is 2. The molecule has 0 saturated carbocycles. The van der Waals surface area contributed by atoms with E-state index in [-0.39, 0.29) is 0 Å². The van der Waals surface area contributed by atoms with Gasteiger partial charge in [0.05, 0.1) is 12.2 Å². The maximum atomic E-state index is 9.47. The molecule has 0 spiro atoms. The fourth-order valence-electron chi connectivity index (χ4n) is 0.975. The number of benzene rings is 1. The zero-order valence-corrected chi connectivity index (χ0v) is 10.6. The van der Waals surface area contributed by atoms with E-state index in [1.165, 1.54) is 0 Å². The van der Waals surface area contributed by atoms with Gasteiger partial charge >= 0.3 is 0 Å². The smallest absolute Gasteiger partial charge is 0.120 e. The number of aliphatic hydroxyl groups is 1. The minimum atomic E-state index is -0.651. The number of rotatable bonds is 4. The number of ether oxygens (including phenoxy) is 1. The minimum absolute atomic E-state index is 0.545. The monoisotopic (exact) mass is 306 g/mol. The summed E-state index contributed by atoms with van der Waals surface area (Å²) in [4.78, 5) is 0. The van der Waals surface area contributed by atoms with Crippen LogP contribution in [0.25, 0.3) is 0 Å². The predicted octanol–water partition coefficient (Wildman–Crippen LogP) is 2.83. The number of hydrogen-bond donors (Lipinski definition) is 1. The fourth-order valence-corrected chi connectivity index (χ4v) is 1.49. The SMILES string of the molecule is CC(C)(O)CCOc1cccc(I)c1. The van der Waals surface area contributed by atoms with Gasteiger partial charge < -0.3 is 9.84 Å². The van der Waals surface area contributed by atoms with E-state index in [0.29, 0.717) is 13.0 Å². The molecule has 0 aromatic heterocycles. The van der Waals surface area contributed by atoms with Gasteiger partial charge in [-0.3, -0.25) is 0 Å². The second kappa shape index (κ2) is 4.98. The fraction of sp³-hybridized carbons (Fsp3) is 0.455. The van der Waals surface area contributed by atoms with Crippen molar-refractivity contribution in [1.82, 2.24) is 0 Å². The topological polar surface area (TPSA) is 29.5 Å². The summed E-state index contributed by atoms with van der Waals surface area (Å²) in [5.74, 6) is 0.862. The molecule has 0 radical (unpaired) electrons. The Hall–Kier alpha value is -0.290. The van der Waals surface area contributed by atoms with E-state index in [4.69, 9.17) is 4.74 Å². The maximum Gasteiger partial charge on any atom is 0.120 e. The van der Waals surface area contributed by atoms with Crippen molar-refractivity contribution >= 4 is 22.6 Å². The largest absolute Gasteiger partial charge is 0.493 e. The van der Waals surface area contributed by atoms with Crippen molar-refractivity contribution in [3.05, 3.63) is 27.8 Å². The van der Waals surface area contributed by atoms with Crippen LogP contribution in [0.3, 0.4) is 0 Å². The molecule has 0 unspecified atom stereocenters. The highest BCUT2D eigenvalue weighted by molar-refractivity contribution is 14.1. The standard InChI is InChI=1S/C11H15IO2/c1-11(2,13)6-7-14-10-5-3-4-9(12)8-10/h3-5,8,13H,6-7H2,1-2H3. The van der Waals surface area contributed by atoms with E-state index in [9.17, 15) is 5.11 Å². The first kappa shape index (κ1) is 11.8. The molecule has 14 heavy (non-hydrogen) atoms. The van der Waals surface area contributed by atoms with Crippen LogP contribution < -0.4 is 4.74 Å². The first-order valence-corrected chi connectivity index (χ1v) is 5.66. The lowest BCUT2D eigenvalue weighted by atomic mass is 10.1. The molecule has 0 saturated heterocycles. The van der Waals surface area contributed by atoms with E-state index >= 15 is 0 Å². The highest BCUT2D eigenvalue weighted by atomic mass is 127. The van der Waals surface area contributed by atoms with Gasteiger partial charge in [0, 0.05) is 9.99 Å². The van der Waals surface area contributed by atoms with Gasteiger partial charge in [0.1, 0.15) is 5.75 Å². The summed E-state index contributed by atoms with van der Waals surface area (Å²) in [7, 11) is 0. The zero-order chi connectivity index (χ0) is 10.6. The lowest BCUT2D eigenvalue weighted by Gasteiger charge is -2.17. The Morgan fingerprint density at radius 1 is 1.43 bits per heavy atom. The van der Waals surface area contributed by atoms with Gasteiger partial charge in [-0.05, 0) is 54.6 Å². The first-order valence-electron chi connectivity index (χ1n) is 4.58. The van der Waals surface area contributed by atoms with Gasteiger partial charge in [-0.25, -0.2) is 0 Å². The first-order chi connectivity index (χ1) is 6.47. The van der Waals surface area contributed by atoms with Crippen molar-refractivity contribution in [3.8, 4) is 5.75 Å². The van der Waals surface area contributed by atoms with Crippen LogP contribution in [0.5, 0.6) is 5.75 Å². The van der Waals surface area contributed by atoms with Gasteiger partial charge in [0.2, 0.25) is 0 Å². The summed E-state index contributed by atoms with van der Waals surface area (Å²) in [5, 5.41) is 9.47. The average molecular weight is 306 g/mol. The summed E-state index contributed by atoms with van der Waals surface area (Å²) < 4.78 is 6.65. The van der Waals surface area contributed by atoms with Crippen molar-refractivity contribution in [1.29, 1.82) is 0 Å². The molecule has 0 bridgehead atoms. The molecule has 78 valence electrons. The van der Waals surface area contributed by atoms with Gasteiger partial charge in [0.15, 0.2) is 0 Å². The van der Waals surface area contributed by atoms with Crippen LogP contribution in [-0.4, -0.2) is 17.3 Å². The third-order valence-electron chi connectivity index (χ3n) is 1.78. The van der Waals surface area contributed by atoms with Crippen LogP contribution in [0.15, 0.2) is 24.3 Å². The average Bonchev–Trinajstić information content (AvgIpc) is 2.01. The van der Waals surface area contributed by atoms with Crippen molar-refractivity contribution in [2.45, 2.75) is 25.9 Å². The lowest BCUT2D eigenvalue weighted by molar-refractivity contribution is 0.0553. The van der Waals surface area contributed by atoms with E-state index in [1.54, 1.807) is 13.8 Å². The predicted molar refractivity (Wildman–Crippen MR) is 65.6 cm³/mol. The molecule has 1 N–H and O–H groups in total. The highest BCUT2D eigenvalue weighted by Crippen LogP contribution is 2.16. The molecular formula is C11H15IO2. The molecule has 0 aliphatic rings. The molecule has 0 aliphatic carbocycles. The minimum Gasteiger partial charge on any atom is -0.493 e. The summed E-state index contributed by atoms with van der Waals surface area (Å²) in [5.41, 5.74) is -0.651. The summed E-state index contributed by atoms with van der Waals surface area (Å²) in [6.07, 6.45) is 0.637. The Balaban J connectivity index is 2.39. The maximum absolute atomic E-state index is 9.47. The van der Waals surface area contributed by atoms with E-state index in [2.05, 4.69) is 22.6 Å². The molecule has 1 aromatic carbocycles. The van der Waals surface area contributed by atoms with Gasteiger partial charge in [0.25, 0.3) is 0 Å². The molecule has 0 aliphatic heterocycles. The molecule has 1 aromatic rings. The highest BCUT2D eigenvalue weighted by Gasteiger charge is 2.11. The van der Waals surface area contributed by atoms with Crippen LogP contribution >= 0.6 is 22.6 Å². The summed E-state index contributed by atoms with van der Waals surface area (Å²) >= 11 is 2.24. The lowest BCUT2D eigenvalue weighted by Crippen LogP contribution is -2.21. The Labute approximate surface area is 98.4 Å². The van der Waals surface area contributed by atoms with Gasteiger partial charge in [-0.1, -0.05) is 6.07 Å². The van der Waals surface area contributed by atoms with Crippen LogP contribution in [0, 0.1) is 3.57 Å². The Morgan fingerprint density at radius 3 is 2.71 bits per heavy atom. The quantitative estimate of drug-likeness (QED) is 0.867. The van der Waals surface area contributed by atoms with Crippen molar-refractivity contribution in [2.24, 2.45) is 0 Å². The van der Waals surface area contributed by atoms with Gasteiger partial charge in [-0.15, -0.1) is 0 Å². The Morgan fingerprint density at radius 2 is 2.14 bits per heavy atom. The van der Waals surface area contributed by atoms with Crippen LogP contribution in [-0.2, 0) is 0 Å². The molecule has 3 heteroatoms. The Bertz CT molecular complexity index is 292. The van der Waals surface area contributed by atoms with Crippen LogP contribution in [0.1, 0.15) is 20.3 Å². The Kier molecular flexibility index (Phi) is 4.19. The third-order valence-corrected chi connectivity index (χ3v) is 2.45. The molecule has 2 nitrogen and oxygen atoms in total. The summed E-state index contributed by atoms with van der Waals surface area (Å²) in [6.45, 7) is 4.11. The number of halogens is 1. The summed E-state index contributed by atoms with van der Waals surface area (Å²) in [6, 6.07) is 7.88. The van der Waals surface area contributed by atoms with E-state index in [1.807, 2.05) is 24.3 Å². The normalized spacial score (nSPS) is 11.4. The molecule has 0 heterocycles. The van der Waals surface area contributed by atoms with Crippen LogP contribution in [0.4, 0.5) is 0 Å². The molecular weight excluding hydrogens is 291 g/mol. The third kappa shape index (κ3) is 4.81. The molecule has 0 fully saturated rings. The second-order valence-corrected chi connectivity index (χ2v) is 5.11. The molecule has 1 rings (SSSR count). The van der Waals surface area contributed by atoms with Crippen molar-refractivity contribution in [2.75, 3.05) is 6.61 Å². The second-order valence-electron chi connectivity index (χ2n) is 3.87. The van der Waals surface area contributed by atoms with Crippen LogP contribution in [0.2, 0.25) is 0 Å².